The van der Waals surface area contributed by atoms with Crippen LogP contribution >= 0.6 is 23.2 Å². The van der Waals surface area contributed by atoms with Crippen molar-refractivity contribution in [3.05, 3.63) is 89.2 Å². The maximum atomic E-state index is 9.82. The van der Waals surface area contributed by atoms with Crippen molar-refractivity contribution in [2.75, 3.05) is 5.32 Å². The number of benzene rings is 3. The minimum Gasteiger partial charge on any atom is -0.508 e. The number of phenolic OH excluding ortho intramolecular Hbond substituents is 1. The number of furan rings is 1. The van der Waals surface area contributed by atoms with Gasteiger partial charge in [0.1, 0.15) is 23.7 Å². The number of aromatic nitrogens is 2. The van der Waals surface area contributed by atoms with E-state index in [4.69, 9.17) is 27.6 Å². The van der Waals surface area contributed by atoms with Gasteiger partial charge in [-0.15, -0.1) is 0 Å². The zero-order chi connectivity index (χ0) is 21.4. The minimum atomic E-state index is 0.155. The van der Waals surface area contributed by atoms with Crippen LogP contribution in [0.1, 0.15) is 0 Å². The molecule has 0 aliphatic rings. The third-order valence-electron chi connectivity index (χ3n) is 4.84. The van der Waals surface area contributed by atoms with E-state index >= 15 is 0 Å². The molecule has 0 aliphatic carbocycles. The van der Waals surface area contributed by atoms with Crippen LogP contribution in [0, 0.1) is 0 Å². The molecule has 31 heavy (non-hydrogen) atoms. The monoisotopic (exact) mass is 447 g/mol. The van der Waals surface area contributed by atoms with Gasteiger partial charge in [0.15, 0.2) is 0 Å². The molecule has 0 atom stereocenters. The Morgan fingerprint density at radius 2 is 1.48 bits per heavy atom. The molecule has 0 saturated carbocycles. The van der Waals surface area contributed by atoms with Gasteiger partial charge in [-0.25, -0.2) is 9.97 Å². The third-order valence-corrected chi connectivity index (χ3v) is 5.34. The zero-order valence-electron chi connectivity index (χ0n) is 16.0. The van der Waals surface area contributed by atoms with Crippen LogP contribution in [0.5, 0.6) is 5.75 Å². The Hall–Kier alpha value is -3.54. The number of hydrogen-bond acceptors (Lipinski definition) is 5. The van der Waals surface area contributed by atoms with E-state index < -0.39 is 0 Å². The molecule has 2 heterocycles. The predicted molar refractivity (Wildman–Crippen MR) is 124 cm³/mol. The van der Waals surface area contributed by atoms with E-state index in [1.807, 2.05) is 54.6 Å². The summed E-state index contributed by atoms with van der Waals surface area (Å²) in [6, 6.07) is 21.8. The van der Waals surface area contributed by atoms with Crippen LogP contribution in [0.2, 0.25) is 10.0 Å². The Kier molecular flexibility index (Phi) is 4.98. The van der Waals surface area contributed by atoms with Gasteiger partial charge in [0.25, 0.3) is 0 Å². The lowest BCUT2D eigenvalue weighted by molar-refractivity contribution is 0.475. The molecular weight excluding hydrogens is 433 g/mol. The lowest BCUT2D eigenvalue weighted by atomic mass is 9.99. The van der Waals surface area contributed by atoms with E-state index in [0.29, 0.717) is 33.0 Å². The molecule has 5 aromatic rings. The standard InChI is InChI=1S/C24H15Cl2N3O2/c25-16-8-4-14(5-9-16)20-21-23(29-18-2-1-3-19(30)12-18)27-13-28-24(21)31-22(20)15-6-10-17(26)11-7-15/h1-13,30H,(H,27,28,29). The average molecular weight is 448 g/mol. The normalized spacial score (nSPS) is 11.0. The fourth-order valence-corrected chi connectivity index (χ4v) is 3.70. The van der Waals surface area contributed by atoms with Crippen LogP contribution in [0.15, 0.2) is 83.5 Å². The predicted octanol–water partition coefficient (Wildman–Crippen LogP) is 7.31. The molecule has 0 unspecified atom stereocenters. The molecule has 7 heteroatoms. The van der Waals surface area contributed by atoms with Crippen molar-refractivity contribution in [1.82, 2.24) is 9.97 Å². The van der Waals surface area contributed by atoms with E-state index in [1.165, 1.54) is 6.33 Å². The molecule has 5 nitrogen and oxygen atoms in total. The second-order valence-electron chi connectivity index (χ2n) is 6.90. The van der Waals surface area contributed by atoms with Crippen molar-refractivity contribution in [3.63, 3.8) is 0 Å². The maximum Gasteiger partial charge on any atom is 0.232 e. The van der Waals surface area contributed by atoms with E-state index in [2.05, 4.69) is 15.3 Å². The van der Waals surface area contributed by atoms with Crippen molar-refractivity contribution in [1.29, 1.82) is 0 Å². The lowest BCUT2D eigenvalue weighted by Gasteiger charge is -2.09. The van der Waals surface area contributed by atoms with Gasteiger partial charge in [-0.2, -0.15) is 0 Å². The van der Waals surface area contributed by atoms with Crippen LogP contribution in [-0.2, 0) is 0 Å². The molecule has 0 amide bonds. The first-order valence-electron chi connectivity index (χ1n) is 9.44. The molecule has 2 aromatic heterocycles. The highest BCUT2D eigenvalue weighted by atomic mass is 35.5. The first kappa shape index (κ1) is 19.4. The van der Waals surface area contributed by atoms with Crippen LogP contribution in [0.25, 0.3) is 33.6 Å². The molecule has 0 fully saturated rings. The molecule has 3 aromatic carbocycles. The van der Waals surface area contributed by atoms with E-state index in [1.54, 1.807) is 18.2 Å². The highest BCUT2D eigenvalue weighted by Gasteiger charge is 2.22. The summed E-state index contributed by atoms with van der Waals surface area (Å²) in [5.41, 5.74) is 3.72. The highest BCUT2D eigenvalue weighted by Crippen LogP contribution is 2.43. The second-order valence-corrected chi connectivity index (χ2v) is 7.77. The van der Waals surface area contributed by atoms with E-state index in [0.717, 1.165) is 22.1 Å². The summed E-state index contributed by atoms with van der Waals surface area (Å²) < 4.78 is 6.20. The van der Waals surface area contributed by atoms with Crippen molar-refractivity contribution in [2.45, 2.75) is 0 Å². The summed E-state index contributed by atoms with van der Waals surface area (Å²) in [6.45, 7) is 0. The van der Waals surface area contributed by atoms with Crippen LogP contribution in [0.4, 0.5) is 11.5 Å². The Bertz CT molecular complexity index is 1380. The molecule has 0 aliphatic heterocycles. The molecule has 0 bridgehead atoms. The summed E-state index contributed by atoms with van der Waals surface area (Å²) >= 11 is 12.2. The number of aromatic hydroxyl groups is 1. The number of halogens is 2. The molecule has 0 radical (unpaired) electrons. The molecule has 2 N–H and O–H groups in total. The van der Waals surface area contributed by atoms with Crippen LogP contribution in [0.3, 0.4) is 0 Å². The van der Waals surface area contributed by atoms with Crippen LogP contribution in [-0.4, -0.2) is 15.1 Å². The number of nitrogens with zero attached hydrogens (tertiary/aromatic N) is 2. The summed E-state index contributed by atoms with van der Waals surface area (Å²) in [7, 11) is 0. The Balaban J connectivity index is 1.76. The van der Waals surface area contributed by atoms with Gasteiger partial charge in [-0.3, -0.25) is 0 Å². The average Bonchev–Trinajstić information content (AvgIpc) is 3.15. The van der Waals surface area contributed by atoms with Crippen molar-refractivity contribution in [3.8, 4) is 28.2 Å². The first-order chi connectivity index (χ1) is 15.1. The molecule has 5 rings (SSSR count). The quantitative estimate of drug-likeness (QED) is 0.302. The number of rotatable bonds is 4. The molecule has 152 valence electrons. The topological polar surface area (TPSA) is 71.2 Å². The van der Waals surface area contributed by atoms with Gasteiger partial charge in [0.2, 0.25) is 5.71 Å². The van der Waals surface area contributed by atoms with Gasteiger partial charge >= 0.3 is 0 Å². The van der Waals surface area contributed by atoms with Gasteiger partial charge in [0.05, 0.1) is 5.39 Å². The highest BCUT2D eigenvalue weighted by molar-refractivity contribution is 6.31. The van der Waals surface area contributed by atoms with Gasteiger partial charge in [-0.05, 0) is 54.1 Å². The first-order valence-corrected chi connectivity index (χ1v) is 10.2. The summed E-state index contributed by atoms with van der Waals surface area (Å²) in [5.74, 6) is 1.36. The number of anilines is 2. The maximum absolute atomic E-state index is 9.82. The number of nitrogens with one attached hydrogen (secondary N) is 1. The largest absolute Gasteiger partial charge is 0.508 e. The summed E-state index contributed by atoms with van der Waals surface area (Å²) in [4.78, 5) is 8.79. The van der Waals surface area contributed by atoms with E-state index in [9.17, 15) is 5.11 Å². The number of hydrogen-bond donors (Lipinski definition) is 2. The fraction of sp³-hybridized carbons (Fsp3) is 0. The van der Waals surface area contributed by atoms with Gasteiger partial charge < -0.3 is 14.8 Å². The summed E-state index contributed by atoms with van der Waals surface area (Å²) in [6.07, 6.45) is 1.44. The fourth-order valence-electron chi connectivity index (χ4n) is 3.45. The zero-order valence-corrected chi connectivity index (χ0v) is 17.5. The van der Waals surface area contributed by atoms with Crippen molar-refractivity contribution < 1.29 is 9.52 Å². The van der Waals surface area contributed by atoms with Crippen molar-refractivity contribution in [2.24, 2.45) is 0 Å². The molecule has 0 spiro atoms. The van der Waals surface area contributed by atoms with Gasteiger partial charge in [0, 0.05) is 32.9 Å². The SMILES string of the molecule is Oc1cccc(Nc2ncnc3oc(-c4ccc(Cl)cc4)c(-c4ccc(Cl)cc4)c23)c1. The van der Waals surface area contributed by atoms with Crippen molar-refractivity contribution >= 4 is 45.8 Å². The number of fused-ring (bicyclic) bond motifs is 1. The van der Waals surface area contributed by atoms with Gasteiger partial charge in [-0.1, -0.05) is 41.4 Å². The Morgan fingerprint density at radius 1 is 0.806 bits per heavy atom. The second kappa shape index (κ2) is 7.95. The van der Waals surface area contributed by atoms with E-state index in [-0.39, 0.29) is 5.75 Å². The lowest BCUT2D eigenvalue weighted by Crippen LogP contribution is -1.95. The molecule has 0 saturated heterocycles. The summed E-state index contributed by atoms with van der Waals surface area (Å²) in [5, 5.41) is 15.1. The van der Waals surface area contributed by atoms with Crippen LogP contribution < -0.4 is 5.32 Å². The number of phenols is 1. The Morgan fingerprint density at radius 3 is 2.16 bits per heavy atom. The minimum absolute atomic E-state index is 0.155. The third kappa shape index (κ3) is 3.81. The Labute approximate surface area is 187 Å². The smallest absolute Gasteiger partial charge is 0.232 e. The molecular formula is C24H15Cl2N3O2.